The predicted octanol–water partition coefficient (Wildman–Crippen LogP) is 3.70. The summed E-state index contributed by atoms with van der Waals surface area (Å²) in [5.41, 5.74) is 4.18. The van der Waals surface area contributed by atoms with Crippen molar-refractivity contribution in [2.45, 2.75) is 39.7 Å². The lowest BCUT2D eigenvalue weighted by Crippen LogP contribution is -2.45. The molecule has 1 atom stereocenters. The molecular weight excluding hydrogens is 386 g/mol. The number of sulfonamides is 1. The van der Waals surface area contributed by atoms with E-state index in [0.29, 0.717) is 11.4 Å². The van der Waals surface area contributed by atoms with Gasteiger partial charge in [-0.25, -0.2) is 8.42 Å². The largest absolute Gasteiger partial charge is 0.372 e. The van der Waals surface area contributed by atoms with Crippen molar-refractivity contribution in [2.75, 3.05) is 33.9 Å². The molecule has 1 aliphatic rings. The summed E-state index contributed by atoms with van der Waals surface area (Å²) in [4.78, 5) is 15.2. The van der Waals surface area contributed by atoms with Crippen LogP contribution in [0, 0.1) is 13.8 Å². The molecule has 0 saturated carbocycles. The second-order valence-corrected chi connectivity index (χ2v) is 9.67. The van der Waals surface area contributed by atoms with Gasteiger partial charge < -0.3 is 10.2 Å². The number of nitrogens with one attached hydrogen (secondary N) is 1. The van der Waals surface area contributed by atoms with Crippen LogP contribution in [-0.2, 0) is 14.8 Å². The van der Waals surface area contributed by atoms with Crippen molar-refractivity contribution < 1.29 is 13.2 Å². The molecule has 156 valence electrons. The maximum Gasteiger partial charge on any atom is 0.247 e. The van der Waals surface area contributed by atoms with Gasteiger partial charge in [-0.05, 0) is 81.1 Å². The Morgan fingerprint density at radius 2 is 1.59 bits per heavy atom. The first-order valence-electron chi connectivity index (χ1n) is 9.89. The predicted molar refractivity (Wildman–Crippen MR) is 119 cm³/mol. The van der Waals surface area contributed by atoms with E-state index in [-0.39, 0.29) is 5.91 Å². The maximum atomic E-state index is 12.9. The Labute approximate surface area is 173 Å². The molecule has 2 aromatic carbocycles. The van der Waals surface area contributed by atoms with Crippen LogP contribution in [0.5, 0.6) is 0 Å². The third-order valence-electron chi connectivity index (χ3n) is 5.16. The van der Waals surface area contributed by atoms with Crippen molar-refractivity contribution in [1.82, 2.24) is 0 Å². The zero-order valence-electron chi connectivity index (χ0n) is 17.5. The van der Waals surface area contributed by atoms with Crippen LogP contribution < -0.4 is 14.5 Å². The molecule has 0 spiro atoms. The third kappa shape index (κ3) is 5.09. The molecule has 1 N–H and O–H groups in total. The van der Waals surface area contributed by atoms with Crippen molar-refractivity contribution in [3.05, 3.63) is 53.6 Å². The average molecular weight is 416 g/mol. The van der Waals surface area contributed by atoms with Gasteiger partial charge in [0.25, 0.3) is 0 Å². The number of nitrogens with zero attached hydrogens (tertiary/aromatic N) is 2. The summed E-state index contributed by atoms with van der Waals surface area (Å²) in [5, 5.41) is 2.85. The standard InChI is InChI=1S/C22H29N3O3S/c1-16-13-17(2)15-21(14-16)25(29(4,27)28)18(3)22(26)23-19-7-9-20(10-8-19)24-11-5-6-12-24/h7-10,13-15,18H,5-6,11-12H2,1-4H3,(H,23,26)/t18-/m0/s1. The first kappa shape index (κ1) is 21.2. The highest BCUT2D eigenvalue weighted by atomic mass is 32.2. The summed E-state index contributed by atoms with van der Waals surface area (Å²) < 4.78 is 26.2. The molecule has 3 rings (SSSR count). The summed E-state index contributed by atoms with van der Waals surface area (Å²) in [6.45, 7) is 7.53. The zero-order valence-corrected chi connectivity index (χ0v) is 18.3. The number of carbonyl (C=O) groups is 1. The van der Waals surface area contributed by atoms with Crippen LogP contribution in [0.4, 0.5) is 17.1 Å². The van der Waals surface area contributed by atoms with Crippen molar-refractivity contribution in [1.29, 1.82) is 0 Å². The van der Waals surface area contributed by atoms with Crippen LogP contribution in [0.1, 0.15) is 30.9 Å². The van der Waals surface area contributed by atoms with Gasteiger partial charge in [0.05, 0.1) is 11.9 Å². The van der Waals surface area contributed by atoms with Crippen LogP contribution in [0.2, 0.25) is 0 Å². The Morgan fingerprint density at radius 3 is 2.10 bits per heavy atom. The number of rotatable bonds is 6. The molecule has 1 fully saturated rings. The molecule has 1 amide bonds. The lowest BCUT2D eigenvalue weighted by molar-refractivity contribution is -0.116. The number of hydrogen-bond donors (Lipinski definition) is 1. The maximum absolute atomic E-state index is 12.9. The second-order valence-electron chi connectivity index (χ2n) is 7.81. The Balaban J connectivity index is 1.79. The molecule has 1 saturated heterocycles. The van der Waals surface area contributed by atoms with Crippen LogP contribution in [0.25, 0.3) is 0 Å². The van der Waals surface area contributed by atoms with E-state index in [1.807, 2.05) is 44.2 Å². The topological polar surface area (TPSA) is 69.7 Å². The second kappa shape index (κ2) is 8.45. The van der Waals surface area contributed by atoms with Crippen LogP contribution in [-0.4, -0.2) is 39.7 Å². The Kier molecular flexibility index (Phi) is 6.17. The van der Waals surface area contributed by atoms with Gasteiger partial charge in [0, 0.05) is 24.5 Å². The summed E-state index contributed by atoms with van der Waals surface area (Å²) in [6, 6.07) is 12.3. The van der Waals surface area contributed by atoms with E-state index in [4.69, 9.17) is 0 Å². The average Bonchev–Trinajstić information content (AvgIpc) is 3.15. The molecule has 6 nitrogen and oxygen atoms in total. The lowest BCUT2D eigenvalue weighted by atomic mass is 10.1. The summed E-state index contributed by atoms with van der Waals surface area (Å²) >= 11 is 0. The third-order valence-corrected chi connectivity index (χ3v) is 6.40. The monoisotopic (exact) mass is 415 g/mol. The van der Waals surface area contributed by atoms with Crippen molar-refractivity contribution in [3.63, 3.8) is 0 Å². The number of hydrogen-bond acceptors (Lipinski definition) is 4. The van der Waals surface area contributed by atoms with E-state index in [0.717, 1.165) is 36.2 Å². The Bertz CT molecular complexity index is 961. The molecule has 0 unspecified atom stereocenters. The molecule has 0 aromatic heterocycles. The highest BCUT2D eigenvalue weighted by molar-refractivity contribution is 7.92. The van der Waals surface area contributed by atoms with Gasteiger partial charge in [-0.15, -0.1) is 0 Å². The highest BCUT2D eigenvalue weighted by Crippen LogP contribution is 2.25. The van der Waals surface area contributed by atoms with Crippen LogP contribution >= 0.6 is 0 Å². The van der Waals surface area contributed by atoms with Crippen molar-refractivity contribution in [3.8, 4) is 0 Å². The minimum atomic E-state index is -3.64. The molecule has 2 aromatic rings. The van der Waals surface area contributed by atoms with Gasteiger partial charge in [0.1, 0.15) is 6.04 Å². The van der Waals surface area contributed by atoms with E-state index in [9.17, 15) is 13.2 Å². The SMILES string of the molecule is Cc1cc(C)cc(N([C@@H](C)C(=O)Nc2ccc(N3CCCC3)cc2)S(C)(=O)=O)c1. The number of aryl methyl sites for hydroxylation is 2. The van der Waals surface area contributed by atoms with E-state index >= 15 is 0 Å². The molecule has 0 bridgehead atoms. The van der Waals surface area contributed by atoms with Gasteiger partial charge in [-0.3, -0.25) is 9.10 Å². The van der Waals surface area contributed by atoms with Crippen molar-refractivity contribution >= 4 is 33.0 Å². The number of carbonyl (C=O) groups excluding carboxylic acids is 1. The van der Waals surface area contributed by atoms with E-state index in [2.05, 4.69) is 10.2 Å². The lowest BCUT2D eigenvalue weighted by Gasteiger charge is -2.29. The van der Waals surface area contributed by atoms with Gasteiger partial charge in [0.15, 0.2) is 0 Å². The normalized spacial score (nSPS) is 15.2. The molecular formula is C22H29N3O3S. The van der Waals surface area contributed by atoms with Crippen LogP contribution in [0.15, 0.2) is 42.5 Å². The molecule has 7 heteroatoms. The highest BCUT2D eigenvalue weighted by Gasteiger charge is 2.29. The van der Waals surface area contributed by atoms with Gasteiger partial charge >= 0.3 is 0 Å². The van der Waals surface area contributed by atoms with E-state index < -0.39 is 16.1 Å². The number of anilines is 3. The quantitative estimate of drug-likeness (QED) is 0.781. The molecule has 0 aliphatic carbocycles. The summed E-state index contributed by atoms with van der Waals surface area (Å²) in [6.07, 6.45) is 3.53. The molecule has 0 radical (unpaired) electrons. The Hall–Kier alpha value is -2.54. The molecule has 1 heterocycles. The molecule has 1 aliphatic heterocycles. The van der Waals surface area contributed by atoms with Gasteiger partial charge in [-0.2, -0.15) is 0 Å². The number of benzene rings is 2. The fraction of sp³-hybridized carbons (Fsp3) is 0.409. The van der Waals surface area contributed by atoms with Gasteiger partial charge in [0.2, 0.25) is 15.9 Å². The fourth-order valence-electron chi connectivity index (χ4n) is 3.86. The Morgan fingerprint density at radius 1 is 1.03 bits per heavy atom. The van der Waals surface area contributed by atoms with E-state index in [1.54, 1.807) is 19.1 Å². The van der Waals surface area contributed by atoms with Crippen LogP contribution in [0.3, 0.4) is 0 Å². The first-order valence-corrected chi connectivity index (χ1v) is 11.7. The smallest absolute Gasteiger partial charge is 0.247 e. The molecule has 29 heavy (non-hydrogen) atoms. The fourth-order valence-corrected chi connectivity index (χ4v) is 5.02. The van der Waals surface area contributed by atoms with Crippen molar-refractivity contribution in [2.24, 2.45) is 0 Å². The van der Waals surface area contributed by atoms with E-state index in [1.165, 1.54) is 17.1 Å². The minimum absolute atomic E-state index is 0.372. The minimum Gasteiger partial charge on any atom is -0.372 e. The number of amides is 1. The van der Waals surface area contributed by atoms with Gasteiger partial charge in [-0.1, -0.05) is 6.07 Å². The summed E-state index contributed by atoms with van der Waals surface area (Å²) in [7, 11) is -3.64. The summed E-state index contributed by atoms with van der Waals surface area (Å²) in [5.74, 6) is -0.372. The first-order chi connectivity index (χ1) is 13.6. The zero-order chi connectivity index (χ0) is 21.2.